The molecule has 10 heteroatoms. The Labute approximate surface area is 176 Å². The Morgan fingerprint density at radius 3 is 2.65 bits per heavy atom. The third-order valence-corrected chi connectivity index (χ3v) is 4.87. The lowest BCUT2D eigenvalue weighted by Gasteiger charge is -2.15. The van der Waals surface area contributed by atoms with Crippen molar-refractivity contribution in [3.63, 3.8) is 0 Å². The zero-order chi connectivity index (χ0) is 21.4. The maximum Gasteiger partial charge on any atom is 0.177 e. The van der Waals surface area contributed by atoms with Gasteiger partial charge in [0.2, 0.25) is 0 Å². The molecule has 0 atom stereocenters. The van der Waals surface area contributed by atoms with Crippen LogP contribution in [0.1, 0.15) is 0 Å². The van der Waals surface area contributed by atoms with Crippen LogP contribution in [0.5, 0.6) is 0 Å². The van der Waals surface area contributed by atoms with E-state index in [4.69, 9.17) is 9.94 Å². The van der Waals surface area contributed by atoms with Crippen molar-refractivity contribution in [2.45, 2.75) is 0 Å². The van der Waals surface area contributed by atoms with Crippen LogP contribution in [0.2, 0.25) is 0 Å². The molecule has 0 N–H and O–H groups in total. The monoisotopic (exact) mass is 416 g/mol. The van der Waals surface area contributed by atoms with Gasteiger partial charge in [-0.25, -0.2) is 19.1 Å². The summed E-state index contributed by atoms with van der Waals surface area (Å²) in [5.74, 6) is 0.921. The quantitative estimate of drug-likeness (QED) is 0.407. The van der Waals surface area contributed by atoms with Gasteiger partial charge in [-0.3, -0.25) is 4.84 Å². The second-order valence-corrected chi connectivity index (χ2v) is 6.75. The van der Waals surface area contributed by atoms with Gasteiger partial charge in [0.1, 0.15) is 17.8 Å². The molecule has 4 heterocycles. The van der Waals surface area contributed by atoms with Crippen LogP contribution in [-0.2, 0) is 4.84 Å². The van der Waals surface area contributed by atoms with E-state index in [2.05, 4.69) is 20.3 Å². The molecule has 0 amide bonds. The van der Waals surface area contributed by atoms with Gasteiger partial charge in [-0.05, 0) is 54.1 Å². The molecule has 5 aromatic rings. The Kier molecular flexibility index (Phi) is 4.60. The Balaban J connectivity index is 1.68. The Morgan fingerprint density at radius 1 is 1.00 bits per heavy atom. The van der Waals surface area contributed by atoms with Gasteiger partial charge in [0, 0.05) is 30.6 Å². The highest BCUT2D eigenvalue weighted by Crippen LogP contribution is 2.33. The minimum atomic E-state index is -0.308. The number of nitrogens with zero attached hydrogens (tertiary/aromatic N) is 8. The van der Waals surface area contributed by atoms with Crippen LogP contribution >= 0.6 is 0 Å². The van der Waals surface area contributed by atoms with E-state index in [1.54, 1.807) is 46.7 Å². The first-order valence-corrected chi connectivity index (χ1v) is 9.40. The number of benzene rings is 1. The summed E-state index contributed by atoms with van der Waals surface area (Å²) in [6, 6.07) is 13.6. The highest BCUT2D eigenvalue weighted by atomic mass is 19.1. The first-order valence-electron chi connectivity index (χ1n) is 9.40. The number of hydrogen-bond acceptors (Lipinski definition) is 7. The molecule has 0 saturated carbocycles. The van der Waals surface area contributed by atoms with Gasteiger partial charge in [0.15, 0.2) is 17.3 Å². The van der Waals surface area contributed by atoms with E-state index in [1.807, 2.05) is 30.5 Å². The Hall–Kier alpha value is -4.18. The molecule has 5 rings (SSSR count). The average molecular weight is 416 g/mol. The highest BCUT2D eigenvalue weighted by molar-refractivity contribution is 5.81. The van der Waals surface area contributed by atoms with Crippen molar-refractivity contribution in [1.82, 2.24) is 34.6 Å². The van der Waals surface area contributed by atoms with Gasteiger partial charge in [-0.15, -0.1) is 15.3 Å². The van der Waals surface area contributed by atoms with E-state index in [9.17, 15) is 4.39 Å². The molecule has 9 nitrogen and oxygen atoms in total. The minimum Gasteiger partial charge on any atom is -0.276 e. The van der Waals surface area contributed by atoms with Crippen molar-refractivity contribution >= 4 is 11.5 Å². The topological polar surface area (TPSA) is 86.3 Å². The zero-order valence-corrected chi connectivity index (χ0v) is 16.7. The summed E-state index contributed by atoms with van der Waals surface area (Å²) < 4.78 is 16.8. The highest BCUT2D eigenvalue weighted by Gasteiger charge is 2.16. The third kappa shape index (κ3) is 3.49. The van der Waals surface area contributed by atoms with Crippen LogP contribution in [0.3, 0.4) is 0 Å². The van der Waals surface area contributed by atoms with Crippen molar-refractivity contribution in [2.24, 2.45) is 0 Å². The van der Waals surface area contributed by atoms with E-state index in [1.165, 1.54) is 18.5 Å². The number of fused-ring (bicyclic) bond motifs is 1. The summed E-state index contributed by atoms with van der Waals surface area (Å²) in [6.45, 7) is 0. The molecule has 0 saturated heterocycles. The van der Waals surface area contributed by atoms with E-state index >= 15 is 0 Å². The molecule has 0 radical (unpaired) electrons. The fourth-order valence-corrected chi connectivity index (χ4v) is 3.22. The summed E-state index contributed by atoms with van der Waals surface area (Å²) in [6.07, 6.45) is 5.11. The van der Waals surface area contributed by atoms with Crippen LogP contribution in [0.4, 0.5) is 10.2 Å². The molecule has 0 unspecified atom stereocenters. The van der Waals surface area contributed by atoms with Crippen LogP contribution < -0.4 is 5.06 Å². The molecular formula is C21H17FN8O. The van der Waals surface area contributed by atoms with E-state index < -0.39 is 0 Å². The largest absolute Gasteiger partial charge is 0.276 e. The van der Waals surface area contributed by atoms with E-state index in [0.717, 1.165) is 16.7 Å². The maximum absolute atomic E-state index is 13.5. The molecule has 4 aromatic heterocycles. The first kappa shape index (κ1) is 18.8. The van der Waals surface area contributed by atoms with Crippen LogP contribution in [0.25, 0.3) is 33.8 Å². The number of halogens is 1. The number of hydroxylamine groups is 1. The summed E-state index contributed by atoms with van der Waals surface area (Å²) in [5, 5.41) is 18.7. The van der Waals surface area contributed by atoms with Gasteiger partial charge < -0.3 is 0 Å². The fraction of sp³-hybridized carbons (Fsp3) is 0.0952. The second-order valence-electron chi connectivity index (χ2n) is 6.75. The van der Waals surface area contributed by atoms with Crippen molar-refractivity contribution < 1.29 is 9.23 Å². The van der Waals surface area contributed by atoms with Gasteiger partial charge in [-0.1, -0.05) is 0 Å². The van der Waals surface area contributed by atoms with Gasteiger partial charge in [0.05, 0.1) is 7.11 Å². The average Bonchev–Trinajstić information content (AvgIpc) is 3.46. The fourth-order valence-electron chi connectivity index (χ4n) is 3.22. The lowest BCUT2D eigenvalue weighted by atomic mass is 10.0. The minimum absolute atomic E-state index is 0.308. The molecular weight excluding hydrogens is 399 g/mol. The van der Waals surface area contributed by atoms with Crippen molar-refractivity contribution in [1.29, 1.82) is 0 Å². The predicted molar refractivity (Wildman–Crippen MR) is 112 cm³/mol. The Bertz CT molecular complexity index is 1360. The van der Waals surface area contributed by atoms with Crippen molar-refractivity contribution in [3.05, 3.63) is 73.1 Å². The van der Waals surface area contributed by atoms with Gasteiger partial charge >= 0.3 is 0 Å². The zero-order valence-electron chi connectivity index (χ0n) is 16.7. The summed E-state index contributed by atoms with van der Waals surface area (Å²) in [4.78, 5) is 9.58. The molecule has 31 heavy (non-hydrogen) atoms. The molecule has 0 aliphatic heterocycles. The first-order chi connectivity index (χ1) is 15.1. The molecule has 0 fully saturated rings. The number of pyridine rings is 1. The normalized spacial score (nSPS) is 11.2. The van der Waals surface area contributed by atoms with Crippen LogP contribution in [0.15, 0.2) is 67.3 Å². The van der Waals surface area contributed by atoms with Crippen LogP contribution in [-0.4, -0.2) is 48.7 Å². The number of hydrogen-bond donors (Lipinski definition) is 0. The standard InChI is InChI=1S/C21H17FN8O/c1-28(31-2)20-11-15(9-10-23-20)17-12-29(19-8-7-18-25-24-13-30(18)26-19)27-21(17)14-3-5-16(22)6-4-14/h3-13H,1-2H3. The third-order valence-electron chi connectivity index (χ3n) is 4.87. The van der Waals surface area contributed by atoms with Gasteiger partial charge in [-0.2, -0.15) is 9.61 Å². The molecule has 0 bridgehead atoms. The number of aromatic nitrogens is 7. The lowest BCUT2D eigenvalue weighted by Crippen LogP contribution is -2.15. The summed E-state index contributed by atoms with van der Waals surface area (Å²) in [7, 11) is 3.35. The van der Waals surface area contributed by atoms with Gasteiger partial charge in [0.25, 0.3) is 0 Å². The summed E-state index contributed by atoms with van der Waals surface area (Å²) in [5.41, 5.74) is 3.81. The molecule has 1 aromatic carbocycles. The maximum atomic E-state index is 13.5. The van der Waals surface area contributed by atoms with Crippen LogP contribution in [0, 0.1) is 5.82 Å². The van der Waals surface area contributed by atoms with Crippen molar-refractivity contribution in [2.75, 3.05) is 19.2 Å². The lowest BCUT2D eigenvalue weighted by molar-refractivity contribution is 0.182. The number of rotatable bonds is 5. The van der Waals surface area contributed by atoms with Crippen molar-refractivity contribution in [3.8, 4) is 28.2 Å². The SMILES string of the molecule is CON(C)c1cc(-c2cn(-c3ccc4nncn4n3)nc2-c2ccc(F)cc2)ccn1. The molecule has 0 spiro atoms. The predicted octanol–water partition coefficient (Wildman–Crippen LogP) is 3.18. The Morgan fingerprint density at radius 2 is 1.84 bits per heavy atom. The van der Waals surface area contributed by atoms with E-state index in [0.29, 0.717) is 23.0 Å². The van der Waals surface area contributed by atoms with E-state index in [-0.39, 0.29) is 5.82 Å². The number of anilines is 1. The summed E-state index contributed by atoms with van der Waals surface area (Å²) >= 11 is 0. The second kappa shape index (κ2) is 7.58. The smallest absolute Gasteiger partial charge is 0.177 e. The molecule has 0 aliphatic carbocycles. The molecule has 154 valence electrons. The molecule has 0 aliphatic rings.